The second kappa shape index (κ2) is 6.95. The molecule has 0 bridgehead atoms. The maximum absolute atomic E-state index is 13.0. The lowest BCUT2D eigenvalue weighted by atomic mass is 10.2. The van der Waals surface area contributed by atoms with Gasteiger partial charge in [-0.25, -0.2) is 9.97 Å². The van der Waals surface area contributed by atoms with Gasteiger partial charge >= 0.3 is 6.29 Å². The summed E-state index contributed by atoms with van der Waals surface area (Å²) in [6.07, 6.45) is -0.278. The molecule has 1 aromatic heterocycles. The molecule has 1 amide bonds. The first-order chi connectivity index (χ1) is 13.0. The van der Waals surface area contributed by atoms with Crippen LogP contribution < -0.4 is 19.7 Å². The molecule has 142 valence electrons. The number of ether oxygens (including phenoxy) is 2. The van der Waals surface area contributed by atoms with Gasteiger partial charge in [-0.15, -0.1) is 8.78 Å². The summed E-state index contributed by atoms with van der Waals surface area (Å²) in [5.74, 6) is 0.287. The third-order valence-electron chi connectivity index (χ3n) is 4.26. The fourth-order valence-corrected chi connectivity index (χ4v) is 2.99. The minimum atomic E-state index is -3.67. The SMILES string of the molecule is O=C(CN1CCN(c2ncccn2)CC1)Nc1ccc2c(c1)OC(F)(F)O2. The number of nitrogens with zero attached hydrogens (tertiary/aromatic N) is 4. The van der Waals surface area contributed by atoms with E-state index in [2.05, 4.69) is 29.7 Å². The number of amides is 1. The summed E-state index contributed by atoms with van der Waals surface area (Å²) in [6, 6.07) is 5.91. The van der Waals surface area contributed by atoms with Gasteiger partial charge in [-0.3, -0.25) is 9.69 Å². The Balaban J connectivity index is 1.28. The Labute approximate surface area is 153 Å². The second-order valence-electron chi connectivity index (χ2n) is 6.19. The zero-order chi connectivity index (χ0) is 18.9. The number of aromatic nitrogens is 2. The molecule has 0 aliphatic carbocycles. The molecule has 0 spiro atoms. The molecule has 10 heteroatoms. The predicted octanol–water partition coefficient (Wildman–Crippen LogP) is 1.56. The zero-order valence-electron chi connectivity index (χ0n) is 14.3. The summed E-state index contributed by atoms with van der Waals surface area (Å²) in [5, 5.41) is 2.69. The number of carbonyl (C=O) groups is 1. The highest BCUT2D eigenvalue weighted by molar-refractivity contribution is 5.92. The topological polar surface area (TPSA) is 79.8 Å². The molecule has 0 radical (unpaired) electrons. The van der Waals surface area contributed by atoms with Crippen molar-refractivity contribution in [3.05, 3.63) is 36.7 Å². The van der Waals surface area contributed by atoms with Crippen LogP contribution in [-0.4, -0.2) is 59.8 Å². The first kappa shape index (κ1) is 17.4. The Morgan fingerprint density at radius 2 is 1.81 bits per heavy atom. The van der Waals surface area contributed by atoms with Crippen molar-refractivity contribution in [2.45, 2.75) is 6.29 Å². The Morgan fingerprint density at radius 1 is 1.11 bits per heavy atom. The van der Waals surface area contributed by atoms with E-state index in [9.17, 15) is 13.6 Å². The smallest absolute Gasteiger partial charge is 0.395 e. The van der Waals surface area contributed by atoms with Gasteiger partial charge in [0, 0.05) is 50.3 Å². The molecule has 2 aliphatic heterocycles. The molecule has 0 unspecified atom stereocenters. The van der Waals surface area contributed by atoms with Gasteiger partial charge in [0.25, 0.3) is 0 Å². The molecule has 2 aromatic rings. The first-order valence-corrected chi connectivity index (χ1v) is 8.43. The number of alkyl halides is 2. The Bertz CT molecular complexity index is 829. The molecule has 3 heterocycles. The highest BCUT2D eigenvalue weighted by Gasteiger charge is 2.43. The summed E-state index contributed by atoms with van der Waals surface area (Å²) < 4.78 is 34.8. The van der Waals surface area contributed by atoms with Crippen molar-refractivity contribution < 1.29 is 23.0 Å². The standard InChI is InChI=1S/C17H17F2N5O3/c18-17(19)26-13-3-2-12(10-14(13)27-17)22-15(25)11-23-6-8-24(9-7-23)16-20-4-1-5-21-16/h1-5,10H,6-9,11H2,(H,22,25). The van der Waals surface area contributed by atoms with E-state index in [-0.39, 0.29) is 24.0 Å². The van der Waals surface area contributed by atoms with E-state index < -0.39 is 6.29 Å². The minimum absolute atomic E-state index is 0.0581. The Hall–Kier alpha value is -3.01. The van der Waals surface area contributed by atoms with Crippen molar-refractivity contribution in [2.75, 3.05) is 42.9 Å². The van der Waals surface area contributed by atoms with E-state index in [1.165, 1.54) is 18.2 Å². The average molecular weight is 377 g/mol. The van der Waals surface area contributed by atoms with Crippen molar-refractivity contribution >= 4 is 17.5 Å². The largest absolute Gasteiger partial charge is 0.586 e. The number of hydrogen-bond donors (Lipinski definition) is 1. The van der Waals surface area contributed by atoms with Crippen LogP contribution in [0.2, 0.25) is 0 Å². The maximum Gasteiger partial charge on any atom is 0.586 e. The van der Waals surface area contributed by atoms with Crippen LogP contribution in [0, 0.1) is 0 Å². The fraction of sp³-hybridized carbons (Fsp3) is 0.353. The van der Waals surface area contributed by atoms with Crippen LogP contribution in [0.3, 0.4) is 0 Å². The number of fused-ring (bicyclic) bond motifs is 1. The van der Waals surface area contributed by atoms with Crippen LogP contribution in [0.4, 0.5) is 20.4 Å². The maximum atomic E-state index is 13.0. The van der Waals surface area contributed by atoms with E-state index >= 15 is 0 Å². The monoisotopic (exact) mass is 377 g/mol. The Kier molecular flexibility index (Phi) is 4.48. The van der Waals surface area contributed by atoms with Gasteiger partial charge in [-0.1, -0.05) is 0 Å². The highest BCUT2D eigenvalue weighted by Crippen LogP contribution is 2.42. The van der Waals surface area contributed by atoms with E-state index in [4.69, 9.17) is 0 Å². The van der Waals surface area contributed by atoms with Crippen molar-refractivity contribution in [2.24, 2.45) is 0 Å². The lowest BCUT2D eigenvalue weighted by Gasteiger charge is -2.34. The van der Waals surface area contributed by atoms with Gasteiger partial charge in [-0.2, -0.15) is 0 Å². The van der Waals surface area contributed by atoms with Gasteiger partial charge in [-0.05, 0) is 18.2 Å². The summed E-state index contributed by atoms with van der Waals surface area (Å²) >= 11 is 0. The zero-order valence-corrected chi connectivity index (χ0v) is 14.3. The molecule has 0 atom stereocenters. The summed E-state index contributed by atoms with van der Waals surface area (Å²) in [5.41, 5.74) is 0.372. The third kappa shape index (κ3) is 4.05. The van der Waals surface area contributed by atoms with Gasteiger partial charge in [0.1, 0.15) is 0 Å². The number of piperazine rings is 1. The molecular weight excluding hydrogens is 360 g/mol. The normalized spacial score (nSPS) is 18.4. The predicted molar refractivity (Wildman–Crippen MR) is 92.0 cm³/mol. The van der Waals surface area contributed by atoms with Crippen LogP contribution in [-0.2, 0) is 4.79 Å². The average Bonchev–Trinajstić information content (AvgIpc) is 2.96. The number of rotatable bonds is 4. The van der Waals surface area contributed by atoms with Crippen LogP contribution >= 0.6 is 0 Å². The molecule has 1 fully saturated rings. The molecule has 27 heavy (non-hydrogen) atoms. The lowest BCUT2D eigenvalue weighted by molar-refractivity contribution is -0.286. The quantitative estimate of drug-likeness (QED) is 0.866. The number of nitrogens with one attached hydrogen (secondary N) is 1. The van der Waals surface area contributed by atoms with Crippen molar-refractivity contribution in [1.29, 1.82) is 0 Å². The minimum Gasteiger partial charge on any atom is -0.395 e. The van der Waals surface area contributed by atoms with Gasteiger partial charge in [0.15, 0.2) is 11.5 Å². The second-order valence-corrected chi connectivity index (χ2v) is 6.19. The van der Waals surface area contributed by atoms with Gasteiger partial charge < -0.3 is 19.7 Å². The van der Waals surface area contributed by atoms with Crippen molar-refractivity contribution in [1.82, 2.24) is 14.9 Å². The third-order valence-corrected chi connectivity index (χ3v) is 4.26. The van der Waals surface area contributed by atoms with Crippen LogP contribution in [0.5, 0.6) is 11.5 Å². The van der Waals surface area contributed by atoms with Crippen LogP contribution in [0.1, 0.15) is 0 Å². The number of hydrogen-bond acceptors (Lipinski definition) is 7. The molecule has 0 saturated carbocycles. The molecular formula is C17H17F2N5O3. The molecule has 1 saturated heterocycles. The number of carbonyl (C=O) groups excluding carboxylic acids is 1. The van der Waals surface area contributed by atoms with Crippen molar-refractivity contribution in [3.63, 3.8) is 0 Å². The van der Waals surface area contributed by atoms with E-state index in [1.54, 1.807) is 18.5 Å². The molecule has 1 N–H and O–H groups in total. The molecule has 8 nitrogen and oxygen atoms in total. The highest BCUT2D eigenvalue weighted by atomic mass is 19.3. The van der Waals surface area contributed by atoms with Gasteiger partial charge in [0.2, 0.25) is 11.9 Å². The van der Waals surface area contributed by atoms with Crippen LogP contribution in [0.25, 0.3) is 0 Å². The molecule has 2 aliphatic rings. The summed E-state index contributed by atoms with van der Waals surface area (Å²) in [7, 11) is 0. The number of anilines is 2. The van der Waals surface area contributed by atoms with E-state index in [0.717, 1.165) is 13.1 Å². The number of benzene rings is 1. The molecule has 1 aromatic carbocycles. The Morgan fingerprint density at radius 3 is 2.56 bits per heavy atom. The lowest BCUT2D eigenvalue weighted by Crippen LogP contribution is -2.49. The van der Waals surface area contributed by atoms with Crippen LogP contribution in [0.15, 0.2) is 36.7 Å². The fourth-order valence-electron chi connectivity index (χ4n) is 2.99. The number of halogens is 2. The van der Waals surface area contributed by atoms with E-state index in [0.29, 0.717) is 24.7 Å². The first-order valence-electron chi connectivity index (χ1n) is 8.43. The van der Waals surface area contributed by atoms with Crippen molar-refractivity contribution in [3.8, 4) is 11.5 Å². The summed E-state index contributed by atoms with van der Waals surface area (Å²) in [4.78, 5) is 24.8. The molecule has 4 rings (SSSR count). The van der Waals surface area contributed by atoms with Gasteiger partial charge in [0.05, 0.1) is 6.54 Å². The van der Waals surface area contributed by atoms with E-state index in [1.807, 2.05) is 4.90 Å². The summed E-state index contributed by atoms with van der Waals surface area (Å²) in [6.45, 7) is 3.03.